The molecular weight excluding hydrogens is 476 g/mol. The van der Waals surface area contributed by atoms with Crippen LogP contribution in [0.3, 0.4) is 0 Å². The molecule has 2 amide bonds. The highest BCUT2D eigenvalue weighted by Crippen LogP contribution is 2.26. The van der Waals surface area contributed by atoms with Gasteiger partial charge < -0.3 is 19.7 Å². The minimum Gasteiger partial charge on any atom is -0.493 e. The van der Waals surface area contributed by atoms with Crippen molar-refractivity contribution in [2.75, 3.05) is 13.7 Å². The third kappa shape index (κ3) is 7.37. The minimum absolute atomic E-state index is 0.111. The van der Waals surface area contributed by atoms with Gasteiger partial charge in [-0.05, 0) is 48.6 Å². The van der Waals surface area contributed by atoms with E-state index in [0.29, 0.717) is 24.5 Å². The van der Waals surface area contributed by atoms with Crippen LogP contribution >= 0.6 is 0 Å². The van der Waals surface area contributed by atoms with Crippen molar-refractivity contribution < 1.29 is 19.1 Å². The van der Waals surface area contributed by atoms with Crippen molar-refractivity contribution in [3.8, 4) is 11.5 Å². The fourth-order valence-electron chi connectivity index (χ4n) is 5.03. The number of hydrogen-bond donors (Lipinski definition) is 1. The first-order valence-corrected chi connectivity index (χ1v) is 13.5. The fraction of sp³-hybridized carbons (Fsp3) is 0.375. The minimum atomic E-state index is -0.673. The molecule has 0 unspecified atom stereocenters. The van der Waals surface area contributed by atoms with E-state index >= 15 is 0 Å². The molecule has 1 aliphatic carbocycles. The van der Waals surface area contributed by atoms with Crippen molar-refractivity contribution >= 4 is 11.8 Å². The Balaban J connectivity index is 1.63. The van der Waals surface area contributed by atoms with Crippen molar-refractivity contribution in [1.82, 2.24) is 10.2 Å². The second-order valence-corrected chi connectivity index (χ2v) is 9.94. The summed E-state index contributed by atoms with van der Waals surface area (Å²) in [6.07, 6.45) is 5.82. The zero-order valence-corrected chi connectivity index (χ0v) is 22.4. The second-order valence-electron chi connectivity index (χ2n) is 9.94. The lowest BCUT2D eigenvalue weighted by atomic mass is 9.94. The first-order chi connectivity index (χ1) is 18.5. The van der Waals surface area contributed by atoms with Crippen LogP contribution in [0.4, 0.5) is 0 Å². The van der Waals surface area contributed by atoms with Gasteiger partial charge in [0.1, 0.15) is 6.04 Å². The van der Waals surface area contributed by atoms with Crippen LogP contribution in [0.1, 0.15) is 48.8 Å². The van der Waals surface area contributed by atoms with E-state index in [1.807, 2.05) is 73.7 Å². The van der Waals surface area contributed by atoms with Crippen LogP contribution in [0.15, 0.2) is 78.9 Å². The molecule has 1 atom stereocenters. The SMILES string of the molecule is COc1ccccc1OCC(=O)N(Cc1ccccc1C)[C@H](Cc1ccccc1)C(=O)NC1CCCCC1. The van der Waals surface area contributed by atoms with E-state index < -0.39 is 6.04 Å². The molecule has 3 aromatic carbocycles. The Morgan fingerprint density at radius 2 is 1.55 bits per heavy atom. The van der Waals surface area contributed by atoms with Crippen molar-refractivity contribution in [1.29, 1.82) is 0 Å². The van der Waals surface area contributed by atoms with Gasteiger partial charge in [0.05, 0.1) is 7.11 Å². The molecule has 0 aliphatic heterocycles. The first kappa shape index (κ1) is 27.2. The lowest BCUT2D eigenvalue weighted by molar-refractivity contribution is -0.143. The zero-order valence-electron chi connectivity index (χ0n) is 22.4. The van der Waals surface area contributed by atoms with Crippen LogP contribution in [0, 0.1) is 6.92 Å². The molecule has 6 nitrogen and oxygen atoms in total. The standard InChI is InChI=1S/C32H38N2O4/c1-24-13-9-10-16-26(24)22-34(31(35)23-38-30-20-12-11-19-29(30)37-2)28(21-25-14-5-3-6-15-25)32(36)33-27-17-7-4-8-18-27/h3,5-6,9-16,19-20,27-28H,4,7-8,17-18,21-23H2,1-2H3,(H,33,36)/t28-/m1/s1. The third-order valence-electron chi connectivity index (χ3n) is 7.24. The van der Waals surface area contributed by atoms with E-state index in [2.05, 4.69) is 5.32 Å². The lowest BCUT2D eigenvalue weighted by Crippen LogP contribution is -2.53. The Morgan fingerprint density at radius 3 is 2.26 bits per heavy atom. The maximum Gasteiger partial charge on any atom is 0.261 e. The number of hydrogen-bond acceptors (Lipinski definition) is 4. The summed E-state index contributed by atoms with van der Waals surface area (Å²) in [6.45, 7) is 2.14. The van der Waals surface area contributed by atoms with Gasteiger partial charge in [-0.1, -0.05) is 86.0 Å². The number of nitrogens with zero attached hydrogens (tertiary/aromatic N) is 1. The van der Waals surface area contributed by atoms with Gasteiger partial charge in [0.2, 0.25) is 5.91 Å². The first-order valence-electron chi connectivity index (χ1n) is 13.5. The third-order valence-corrected chi connectivity index (χ3v) is 7.24. The summed E-state index contributed by atoms with van der Waals surface area (Å²) in [5, 5.41) is 3.27. The number of carbonyl (C=O) groups is 2. The van der Waals surface area contributed by atoms with Crippen LogP contribution in [0.2, 0.25) is 0 Å². The van der Waals surface area contributed by atoms with Crippen LogP contribution < -0.4 is 14.8 Å². The summed E-state index contributed by atoms with van der Waals surface area (Å²) < 4.78 is 11.3. The molecule has 1 saturated carbocycles. The summed E-state index contributed by atoms with van der Waals surface area (Å²) >= 11 is 0. The molecule has 200 valence electrons. The smallest absolute Gasteiger partial charge is 0.261 e. The van der Waals surface area contributed by atoms with E-state index in [1.165, 1.54) is 6.42 Å². The van der Waals surface area contributed by atoms with Crippen LogP contribution in [-0.4, -0.2) is 42.5 Å². The molecule has 0 spiro atoms. The number of carbonyl (C=O) groups excluding carboxylic acids is 2. The number of nitrogens with one attached hydrogen (secondary N) is 1. The Hall–Kier alpha value is -3.80. The maximum atomic E-state index is 13.8. The Kier molecular flexibility index (Phi) is 9.79. The van der Waals surface area contributed by atoms with Crippen LogP contribution in [0.25, 0.3) is 0 Å². The molecule has 4 rings (SSSR count). The van der Waals surface area contributed by atoms with Crippen molar-refractivity contribution in [3.63, 3.8) is 0 Å². The van der Waals surface area contributed by atoms with Crippen LogP contribution in [0.5, 0.6) is 11.5 Å². The highest BCUT2D eigenvalue weighted by molar-refractivity contribution is 5.88. The number of amides is 2. The van der Waals surface area contributed by atoms with E-state index in [4.69, 9.17) is 9.47 Å². The summed E-state index contributed by atoms with van der Waals surface area (Å²) in [5.74, 6) is 0.686. The molecular formula is C32H38N2O4. The van der Waals surface area contributed by atoms with Crippen molar-refractivity contribution in [2.24, 2.45) is 0 Å². The molecule has 0 radical (unpaired) electrons. The number of ether oxygens (including phenoxy) is 2. The second kappa shape index (κ2) is 13.7. The molecule has 3 aromatic rings. The predicted octanol–water partition coefficient (Wildman–Crippen LogP) is 5.47. The lowest BCUT2D eigenvalue weighted by Gasteiger charge is -2.33. The number of benzene rings is 3. The summed E-state index contributed by atoms with van der Waals surface area (Å²) in [7, 11) is 1.57. The van der Waals surface area contributed by atoms with Crippen LogP contribution in [-0.2, 0) is 22.6 Å². The van der Waals surface area contributed by atoms with E-state index in [9.17, 15) is 9.59 Å². The van der Waals surface area contributed by atoms with Gasteiger partial charge in [-0.25, -0.2) is 0 Å². The molecule has 38 heavy (non-hydrogen) atoms. The van der Waals surface area contributed by atoms with E-state index in [0.717, 1.165) is 42.4 Å². The highest BCUT2D eigenvalue weighted by atomic mass is 16.5. The molecule has 1 fully saturated rings. The molecule has 1 aliphatic rings. The Bertz CT molecular complexity index is 1190. The molecule has 0 heterocycles. The maximum absolute atomic E-state index is 13.8. The van der Waals surface area contributed by atoms with Gasteiger partial charge >= 0.3 is 0 Å². The molecule has 0 saturated heterocycles. The Morgan fingerprint density at radius 1 is 0.895 bits per heavy atom. The van der Waals surface area contributed by atoms with E-state index in [1.54, 1.807) is 24.1 Å². The molecule has 6 heteroatoms. The number of aryl methyl sites for hydroxylation is 1. The molecule has 1 N–H and O–H groups in total. The van der Waals surface area contributed by atoms with Crippen molar-refractivity contribution in [2.45, 2.75) is 64.1 Å². The van der Waals surface area contributed by atoms with Gasteiger partial charge in [-0.2, -0.15) is 0 Å². The molecule has 0 bridgehead atoms. The van der Waals surface area contributed by atoms with Gasteiger partial charge in [-0.3, -0.25) is 9.59 Å². The predicted molar refractivity (Wildman–Crippen MR) is 149 cm³/mol. The average molecular weight is 515 g/mol. The van der Waals surface area contributed by atoms with Gasteiger partial charge in [-0.15, -0.1) is 0 Å². The largest absolute Gasteiger partial charge is 0.493 e. The normalized spacial score (nSPS) is 14.4. The quantitative estimate of drug-likeness (QED) is 0.368. The number of para-hydroxylation sites is 2. The Labute approximate surface area is 226 Å². The van der Waals surface area contributed by atoms with E-state index in [-0.39, 0.29) is 24.5 Å². The molecule has 0 aromatic heterocycles. The number of methoxy groups -OCH3 is 1. The zero-order chi connectivity index (χ0) is 26.7. The van der Waals surface area contributed by atoms with Crippen molar-refractivity contribution in [3.05, 3.63) is 95.6 Å². The fourth-order valence-corrected chi connectivity index (χ4v) is 5.03. The monoisotopic (exact) mass is 514 g/mol. The highest BCUT2D eigenvalue weighted by Gasteiger charge is 2.32. The van der Waals surface area contributed by atoms with Gasteiger partial charge in [0, 0.05) is 19.0 Å². The average Bonchev–Trinajstić information content (AvgIpc) is 2.95. The summed E-state index contributed by atoms with van der Waals surface area (Å²) in [4.78, 5) is 29.4. The summed E-state index contributed by atoms with van der Waals surface area (Å²) in [5.41, 5.74) is 3.08. The number of rotatable bonds is 11. The van der Waals surface area contributed by atoms with Gasteiger partial charge in [0.25, 0.3) is 5.91 Å². The van der Waals surface area contributed by atoms with Gasteiger partial charge in [0.15, 0.2) is 18.1 Å². The summed E-state index contributed by atoms with van der Waals surface area (Å²) in [6, 6.07) is 24.6. The topological polar surface area (TPSA) is 67.9 Å².